The highest BCUT2D eigenvalue weighted by molar-refractivity contribution is 5.86. The maximum atomic E-state index is 13.7. The van der Waals surface area contributed by atoms with Crippen molar-refractivity contribution in [2.45, 2.75) is 26.8 Å². The van der Waals surface area contributed by atoms with E-state index >= 15 is 0 Å². The maximum absolute atomic E-state index is 13.7. The number of nitrogens with zero attached hydrogens (tertiary/aromatic N) is 7. The monoisotopic (exact) mass is 461 g/mol. The lowest BCUT2D eigenvalue weighted by molar-refractivity contribution is 0.0593. The summed E-state index contributed by atoms with van der Waals surface area (Å²) >= 11 is 0. The third-order valence-electron chi connectivity index (χ3n) is 6.11. The van der Waals surface area contributed by atoms with Crippen LogP contribution in [0, 0.1) is 31.0 Å². The van der Waals surface area contributed by atoms with Gasteiger partial charge in [0.2, 0.25) is 0 Å². The van der Waals surface area contributed by atoms with Crippen molar-refractivity contribution in [1.29, 1.82) is 5.26 Å². The number of nitriles is 1. The number of anilines is 2. The Balaban J connectivity index is 1.53. The van der Waals surface area contributed by atoms with Crippen molar-refractivity contribution in [3.63, 3.8) is 0 Å². The molecule has 3 heterocycles. The number of carbonyl (C=O) groups is 1. The molecule has 0 spiro atoms. The van der Waals surface area contributed by atoms with E-state index in [1.54, 1.807) is 12.3 Å². The predicted octanol–water partition coefficient (Wildman–Crippen LogP) is 3.06. The Kier molecular flexibility index (Phi) is 6.36. The van der Waals surface area contributed by atoms with Crippen LogP contribution in [0.25, 0.3) is 11.3 Å². The van der Waals surface area contributed by atoms with Crippen LogP contribution < -0.4 is 9.80 Å². The highest BCUT2D eigenvalue weighted by Crippen LogP contribution is 2.30. The molecule has 1 atom stereocenters. The summed E-state index contributed by atoms with van der Waals surface area (Å²) in [7, 11) is 1.31. The fraction of sp³-hybridized carbons (Fsp3) is 0.333. The first-order valence-corrected chi connectivity index (χ1v) is 10.8. The molecule has 1 aromatic carbocycles. The van der Waals surface area contributed by atoms with E-state index < -0.39 is 11.8 Å². The van der Waals surface area contributed by atoms with Gasteiger partial charge >= 0.3 is 5.97 Å². The van der Waals surface area contributed by atoms with Crippen LogP contribution in [0.5, 0.6) is 0 Å². The molecular weight excluding hydrogens is 437 g/mol. The Morgan fingerprint density at radius 3 is 2.62 bits per heavy atom. The maximum Gasteiger partial charge on any atom is 0.358 e. The zero-order chi connectivity index (χ0) is 24.4. The average Bonchev–Trinajstić information content (AvgIpc) is 2.85. The molecule has 2 aromatic heterocycles. The molecule has 1 aliphatic heterocycles. The van der Waals surface area contributed by atoms with E-state index in [0.717, 1.165) is 16.9 Å². The molecule has 0 N–H and O–H groups in total. The third-order valence-corrected chi connectivity index (χ3v) is 6.11. The van der Waals surface area contributed by atoms with Crippen LogP contribution in [0.2, 0.25) is 0 Å². The van der Waals surface area contributed by atoms with Gasteiger partial charge in [0, 0.05) is 31.2 Å². The van der Waals surface area contributed by atoms with Crippen LogP contribution in [0.15, 0.2) is 30.6 Å². The zero-order valence-corrected chi connectivity index (χ0v) is 19.4. The Morgan fingerprint density at radius 2 is 1.97 bits per heavy atom. The summed E-state index contributed by atoms with van der Waals surface area (Å²) in [6.45, 7) is 8.13. The van der Waals surface area contributed by atoms with Gasteiger partial charge in [0.15, 0.2) is 11.5 Å². The van der Waals surface area contributed by atoms with Crippen LogP contribution >= 0.6 is 0 Å². The van der Waals surface area contributed by atoms with Gasteiger partial charge in [-0.15, -0.1) is 10.2 Å². The van der Waals surface area contributed by atoms with Crippen molar-refractivity contribution < 1.29 is 13.9 Å². The van der Waals surface area contributed by atoms with Crippen LogP contribution in [0.4, 0.5) is 16.0 Å². The van der Waals surface area contributed by atoms with Crippen LogP contribution in [0.3, 0.4) is 0 Å². The fourth-order valence-electron chi connectivity index (χ4n) is 4.10. The fourth-order valence-corrected chi connectivity index (χ4v) is 4.10. The predicted molar refractivity (Wildman–Crippen MR) is 124 cm³/mol. The number of carbonyl (C=O) groups excluding carboxylic acids is 1. The summed E-state index contributed by atoms with van der Waals surface area (Å²) in [6.07, 6.45) is 3.01. The third kappa shape index (κ3) is 4.24. The van der Waals surface area contributed by atoms with Gasteiger partial charge in [-0.3, -0.25) is 0 Å². The van der Waals surface area contributed by atoms with Crippen LogP contribution in [0.1, 0.15) is 34.1 Å². The van der Waals surface area contributed by atoms with Gasteiger partial charge in [-0.25, -0.2) is 19.2 Å². The van der Waals surface area contributed by atoms with Crippen molar-refractivity contribution in [1.82, 2.24) is 20.2 Å². The average molecular weight is 462 g/mol. The molecule has 9 nitrogen and oxygen atoms in total. The van der Waals surface area contributed by atoms with Crippen molar-refractivity contribution in [2.75, 3.05) is 36.5 Å². The summed E-state index contributed by atoms with van der Waals surface area (Å²) in [5, 5.41) is 18.1. The Labute approximate surface area is 196 Å². The van der Waals surface area contributed by atoms with Gasteiger partial charge in [0.1, 0.15) is 17.7 Å². The summed E-state index contributed by atoms with van der Waals surface area (Å²) in [4.78, 5) is 24.5. The second-order valence-corrected chi connectivity index (χ2v) is 8.17. The van der Waals surface area contributed by atoms with E-state index in [0.29, 0.717) is 36.7 Å². The molecule has 4 rings (SSSR count). The minimum absolute atomic E-state index is 0.0203. The summed E-state index contributed by atoms with van der Waals surface area (Å²) in [5.41, 5.74) is 3.35. The molecule has 0 bridgehead atoms. The molecule has 174 valence electrons. The summed E-state index contributed by atoms with van der Waals surface area (Å²) < 4.78 is 18.4. The summed E-state index contributed by atoms with van der Waals surface area (Å²) in [5.74, 6) is 0.414. The number of methoxy groups -OCH3 is 1. The molecule has 0 amide bonds. The van der Waals surface area contributed by atoms with Gasteiger partial charge in [0.05, 0.1) is 30.8 Å². The van der Waals surface area contributed by atoms with Crippen molar-refractivity contribution in [2.24, 2.45) is 0 Å². The van der Waals surface area contributed by atoms with E-state index in [9.17, 15) is 9.18 Å². The Morgan fingerprint density at radius 1 is 1.18 bits per heavy atom. The number of esters is 1. The molecule has 10 heteroatoms. The molecule has 1 aliphatic rings. The van der Waals surface area contributed by atoms with Crippen LogP contribution in [-0.4, -0.2) is 58.9 Å². The molecule has 3 aromatic rings. The highest BCUT2D eigenvalue weighted by Gasteiger charge is 2.28. The molecule has 1 saturated heterocycles. The van der Waals surface area contributed by atoms with E-state index in [1.165, 1.54) is 25.4 Å². The highest BCUT2D eigenvalue weighted by atomic mass is 19.1. The molecule has 1 fully saturated rings. The molecule has 0 aliphatic carbocycles. The second-order valence-electron chi connectivity index (χ2n) is 8.17. The SMILES string of the molecule is COC(=O)c1cnc(N2CCN(c3nnc(-c4ccc(F)c(C#N)c4)c(C)c3C)C[C@H]2C)cn1. The lowest BCUT2D eigenvalue weighted by Crippen LogP contribution is -2.53. The molecule has 0 saturated carbocycles. The number of benzene rings is 1. The number of hydrogen-bond donors (Lipinski definition) is 0. The molecule has 0 unspecified atom stereocenters. The van der Waals surface area contributed by atoms with Gasteiger partial charge in [-0.05, 0) is 50.1 Å². The minimum atomic E-state index is -0.554. The lowest BCUT2D eigenvalue weighted by Gasteiger charge is -2.41. The van der Waals surface area contributed by atoms with Crippen molar-refractivity contribution in [3.05, 3.63) is 58.8 Å². The van der Waals surface area contributed by atoms with Crippen molar-refractivity contribution >= 4 is 17.6 Å². The number of piperazine rings is 1. The van der Waals surface area contributed by atoms with Gasteiger partial charge in [0.25, 0.3) is 0 Å². The smallest absolute Gasteiger partial charge is 0.358 e. The van der Waals surface area contributed by atoms with E-state index in [1.807, 2.05) is 19.9 Å². The standard InChI is InChI=1S/C24H24FN7O2/c1-14-13-31(7-8-32(14)21-12-27-20(11-28-21)24(33)34-4)23-16(3)15(2)22(29-30-23)17-5-6-19(25)18(9-17)10-26/h5-6,9,11-12,14H,7-8,13H2,1-4H3/t14-/m1/s1. The number of ether oxygens (including phenoxy) is 1. The van der Waals surface area contributed by atoms with Gasteiger partial charge in [-0.1, -0.05) is 0 Å². The number of rotatable bonds is 4. The Bertz CT molecular complexity index is 1270. The zero-order valence-electron chi connectivity index (χ0n) is 19.4. The molecular formula is C24H24FN7O2. The number of hydrogen-bond acceptors (Lipinski definition) is 9. The van der Waals surface area contributed by atoms with E-state index in [4.69, 9.17) is 5.26 Å². The molecule has 0 radical (unpaired) electrons. The summed E-state index contributed by atoms with van der Waals surface area (Å²) in [6, 6.07) is 6.37. The lowest BCUT2D eigenvalue weighted by atomic mass is 10.0. The van der Waals surface area contributed by atoms with Gasteiger partial charge < -0.3 is 14.5 Å². The molecule has 34 heavy (non-hydrogen) atoms. The topological polar surface area (TPSA) is 108 Å². The first-order chi connectivity index (χ1) is 16.3. The minimum Gasteiger partial charge on any atom is -0.464 e. The quantitative estimate of drug-likeness (QED) is 0.542. The largest absolute Gasteiger partial charge is 0.464 e. The number of aromatic nitrogens is 4. The number of halogens is 1. The Hall–Kier alpha value is -4.13. The van der Waals surface area contributed by atoms with Gasteiger partial charge in [-0.2, -0.15) is 5.26 Å². The van der Waals surface area contributed by atoms with E-state index in [-0.39, 0.29) is 17.3 Å². The second kappa shape index (κ2) is 9.39. The van der Waals surface area contributed by atoms with Crippen LogP contribution in [-0.2, 0) is 4.74 Å². The normalized spacial score (nSPS) is 15.7. The van der Waals surface area contributed by atoms with Crippen molar-refractivity contribution in [3.8, 4) is 17.3 Å². The first-order valence-electron chi connectivity index (χ1n) is 10.8. The first kappa shape index (κ1) is 23.0. The van der Waals surface area contributed by atoms with E-state index in [2.05, 4.69) is 41.6 Å².